The van der Waals surface area contributed by atoms with Gasteiger partial charge in [0, 0.05) is 38.8 Å². The first-order valence-electron chi connectivity index (χ1n) is 7.92. The van der Waals surface area contributed by atoms with Gasteiger partial charge in [-0.05, 0) is 31.4 Å². The van der Waals surface area contributed by atoms with E-state index in [-0.39, 0.29) is 12.0 Å². The molecule has 2 heterocycles. The molecule has 0 N–H and O–H groups in total. The number of nitrogens with zero attached hydrogens (tertiary/aromatic N) is 3. The quantitative estimate of drug-likeness (QED) is 0.855. The van der Waals surface area contributed by atoms with Gasteiger partial charge in [-0.15, -0.1) is 0 Å². The summed E-state index contributed by atoms with van der Waals surface area (Å²) < 4.78 is 6.09. The van der Waals surface area contributed by atoms with Gasteiger partial charge in [0.1, 0.15) is 6.10 Å². The summed E-state index contributed by atoms with van der Waals surface area (Å²) in [6, 6.07) is 3.82. The molecule has 1 aromatic rings. The molecule has 0 aromatic carbocycles. The highest BCUT2D eigenvalue weighted by Gasteiger charge is 2.30. The van der Waals surface area contributed by atoms with E-state index >= 15 is 0 Å². The minimum absolute atomic E-state index is 0.0499. The zero-order valence-corrected chi connectivity index (χ0v) is 13.3. The summed E-state index contributed by atoms with van der Waals surface area (Å²) in [5.41, 5.74) is 0.982. The van der Waals surface area contributed by atoms with Crippen molar-refractivity contribution in [3.05, 3.63) is 30.0 Å². The van der Waals surface area contributed by atoms with Gasteiger partial charge in [-0.3, -0.25) is 4.79 Å². The maximum atomic E-state index is 12.4. The van der Waals surface area contributed by atoms with E-state index in [1.54, 1.807) is 6.20 Å². The molecule has 22 heavy (non-hydrogen) atoms. The number of carbonyl (C=O) groups excluding carboxylic acids is 1. The van der Waals surface area contributed by atoms with Gasteiger partial charge in [0.25, 0.3) is 0 Å². The Bertz CT molecular complexity index is 583. The summed E-state index contributed by atoms with van der Waals surface area (Å²) in [7, 11) is 3.90. The van der Waals surface area contributed by atoms with Gasteiger partial charge in [0.15, 0.2) is 11.6 Å². The topological polar surface area (TPSA) is 45.7 Å². The second-order valence-corrected chi connectivity index (χ2v) is 6.12. The molecule has 0 spiro atoms. The van der Waals surface area contributed by atoms with Crippen LogP contribution in [0.2, 0.25) is 0 Å². The zero-order chi connectivity index (χ0) is 15.5. The van der Waals surface area contributed by atoms with Crippen LogP contribution in [0.5, 0.6) is 5.75 Å². The van der Waals surface area contributed by atoms with Gasteiger partial charge in [-0.1, -0.05) is 6.08 Å². The van der Waals surface area contributed by atoms with Gasteiger partial charge in [0.2, 0.25) is 5.91 Å². The highest BCUT2D eigenvalue weighted by atomic mass is 16.5. The van der Waals surface area contributed by atoms with Crippen LogP contribution in [0.1, 0.15) is 25.7 Å². The van der Waals surface area contributed by atoms with E-state index in [0.29, 0.717) is 6.54 Å². The van der Waals surface area contributed by atoms with E-state index in [0.717, 1.165) is 49.4 Å². The summed E-state index contributed by atoms with van der Waals surface area (Å²) >= 11 is 0. The lowest BCUT2D eigenvalue weighted by atomic mass is 10.2. The smallest absolute Gasteiger partial charge is 0.249 e. The molecule has 0 saturated carbocycles. The van der Waals surface area contributed by atoms with E-state index < -0.39 is 0 Å². The van der Waals surface area contributed by atoms with Gasteiger partial charge >= 0.3 is 0 Å². The van der Waals surface area contributed by atoms with Crippen molar-refractivity contribution in [2.24, 2.45) is 0 Å². The van der Waals surface area contributed by atoms with Gasteiger partial charge in [0.05, 0.1) is 6.54 Å². The SMILES string of the molecule is CN(C)c1ncccc1OC1CCN(C(=O)C2=CCCC2)C1. The number of carbonyl (C=O) groups is 1. The highest BCUT2D eigenvalue weighted by Crippen LogP contribution is 2.28. The Kier molecular flexibility index (Phi) is 4.32. The van der Waals surface area contributed by atoms with Gasteiger partial charge in [-0.25, -0.2) is 4.98 Å². The molecule has 1 fully saturated rings. The van der Waals surface area contributed by atoms with Crippen molar-refractivity contribution >= 4 is 11.7 Å². The van der Waals surface area contributed by atoms with E-state index in [2.05, 4.69) is 11.1 Å². The Hall–Kier alpha value is -2.04. The number of allylic oxidation sites excluding steroid dienone is 1. The number of hydrogen-bond acceptors (Lipinski definition) is 4. The van der Waals surface area contributed by atoms with Crippen molar-refractivity contribution in [1.29, 1.82) is 0 Å². The van der Waals surface area contributed by atoms with Crippen molar-refractivity contribution in [2.45, 2.75) is 31.8 Å². The minimum atomic E-state index is 0.0499. The van der Waals surface area contributed by atoms with Gasteiger partial charge < -0.3 is 14.5 Å². The maximum Gasteiger partial charge on any atom is 0.249 e. The van der Waals surface area contributed by atoms with Crippen LogP contribution in [-0.2, 0) is 4.79 Å². The van der Waals surface area contributed by atoms with E-state index in [9.17, 15) is 4.79 Å². The number of amides is 1. The monoisotopic (exact) mass is 301 g/mol. The highest BCUT2D eigenvalue weighted by molar-refractivity contribution is 5.94. The van der Waals surface area contributed by atoms with E-state index in [1.165, 1.54) is 0 Å². The molecule has 0 radical (unpaired) electrons. The van der Waals surface area contributed by atoms with Crippen LogP contribution in [-0.4, -0.2) is 49.1 Å². The molecular weight excluding hydrogens is 278 g/mol. The molecule has 5 heteroatoms. The fourth-order valence-corrected chi connectivity index (χ4v) is 3.07. The van der Waals surface area contributed by atoms with Gasteiger partial charge in [-0.2, -0.15) is 0 Å². The molecule has 1 aliphatic carbocycles. The summed E-state index contributed by atoms with van der Waals surface area (Å²) in [6.07, 6.45) is 7.84. The first kappa shape index (κ1) is 14.9. The van der Waals surface area contributed by atoms with Crippen molar-refractivity contribution in [1.82, 2.24) is 9.88 Å². The minimum Gasteiger partial charge on any atom is -0.485 e. The molecule has 1 aliphatic heterocycles. The Morgan fingerprint density at radius 3 is 3.05 bits per heavy atom. The Morgan fingerprint density at radius 2 is 2.32 bits per heavy atom. The molecule has 2 aliphatic rings. The molecule has 1 amide bonds. The third kappa shape index (κ3) is 3.08. The van der Waals surface area contributed by atoms with Crippen LogP contribution in [0.4, 0.5) is 5.82 Å². The lowest BCUT2D eigenvalue weighted by molar-refractivity contribution is -0.126. The first-order chi connectivity index (χ1) is 10.6. The normalized spacial score (nSPS) is 20.9. The summed E-state index contributed by atoms with van der Waals surface area (Å²) in [6.45, 7) is 1.44. The number of hydrogen-bond donors (Lipinski definition) is 0. The van der Waals surface area contributed by atoms with Crippen LogP contribution in [0.15, 0.2) is 30.0 Å². The second kappa shape index (κ2) is 6.38. The average molecular weight is 301 g/mol. The number of rotatable bonds is 4. The van der Waals surface area contributed by atoms with Crippen molar-refractivity contribution < 1.29 is 9.53 Å². The van der Waals surface area contributed by atoms with Crippen LogP contribution in [0.3, 0.4) is 0 Å². The summed E-state index contributed by atoms with van der Waals surface area (Å²) in [5, 5.41) is 0. The van der Waals surface area contributed by atoms with Crippen molar-refractivity contribution in [3.63, 3.8) is 0 Å². The molecule has 5 nitrogen and oxygen atoms in total. The Balaban J connectivity index is 1.63. The third-order valence-electron chi connectivity index (χ3n) is 4.22. The first-order valence-corrected chi connectivity index (χ1v) is 7.92. The zero-order valence-electron chi connectivity index (χ0n) is 13.3. The largest absolute Gasteiger partial charge is 0.485 e. The van der Waals surface area contributed by atoms with Crippen molar-refractivity contribution in [2.75, 3.05) is 32.1 Å². The molecule has 3 rings (SSSR count). The van der Waals surface area contributed by atoms with E-state index in [4.69, 9.17) is 4.74 Å². The Morgan fingerprint density at radius 1 is 1.45 bits per heavy atom. The molecule has 1 saturated heterocycles. The number of pyridine rings is 1. The lowest BCUT2D eigenvalue weighted by Gasteiger charge is -2.20. The molecule has 118 valence electrons. The molecule has 0 bridgehead atoms. The number of aromatic nitrogens is 1. The van der Waals surface area contributed by atoms with Crippen LogP contribution >= 0.6 is 0 Å². The third-order valence-corrected chi connectivity index (χ3v) is 4.22. The molecule has 1 unspecified atom stereocenters. The summed E-state index contributed by atoms with van der Waals surface area (Å²) in [4.78, 5) is 20.6. The maximum absolute atomic E-state index is 12.4. The van der Waals surface area contributed by atoms with Crippen LogP contribution in [0, 0.1) is 0 Å². The second-order valence-electron chi connectivity index (χ2n) is 6.12. The predicted molar refractivity (Wildman–Crippen MR) is 86.1 cm³/mol. The lowest BCUT2D eigenvalue weighted by Crippen LogP contribution is -2.31. The average Bonchev–Trinajstić information content (AvgIpc) is 3.18. The van der Waals surface area contributed by atoms with E-state index in [1.807, 2.05) is 36.0 Å². The standard InChI is InChI=1S/C17H23N3O2/c1-19(2)16-15(8-5-10-18-16)22-14-9-11-20(12-14)17(21)13-6-3-4-7-13/h5-6,8,10,14H,3-4,7,9,11-12H2,1-2H3. The molecular formula is C17H23N3O2. The summed E-state index contributed by atoms with van der Waals surface area (Å²) in [5.74, 6) is 1.81. The number of likely N-dealkylation sites (tertiary alicyclic amines) is 1. The molecule has 1 atom stereocenters. The fourth-order valence-electron chi connectivity index (χ4n) is 3.07. The van der Waals surface area contributed by atoms with Crippen LogP contribution < -0.4 is 9.64 Å². The van der Waals surface area contributed by atoms with Crippen LogP contribution in [0.25, 0.3) is 0 Å². The number of anilines is 1. The molecule has 1 aromatic heterocycles. The fraction of sp³-hybridized carbons (Fsp3) is 0.529. The predicted octanol–water partition coefficient (Wildman–Crippen LogP) is 2.24. The van der Waals surface area contributed by atoms with Crippen molar-refractivity contribution in [3.8, 4) is 5.75 Å². The Labute approximate surface area is 131 Å². The number of ether oxygens (including phenoxy) is 1.